The lowest BCUT2D eigenvalue weighted by Gasteiger charge is -2.13. The van der Waals surface area contributed by atoms with E-state index in [0.717, 1.165) is 5.56 Å². The van der Waals surface area contributed by atoms with Crippen molar-refractivity contribution in [1.82, 2.24) is 0 Å². The van der Waals surface area contributed by atoms with E-state index < -0.39 is 7.60 Å². The fourth-order valence-electron chi connectivity index (χ4n) is 1.04. The van der Waals surface area contributed by atoms with Crippen LogP contribution in [-0.4, -0.2) is 14.2 Å². The molecule has 1 aromatic rings. The Balaban J connectivity index is 2.88. The van der Waals surface area contributed by atoms with E-state index >= 15 is 0 Å². The summed E-state index contributed by atoms with van der Waals surface area (Å²) in [6.07, 6.45) is 0.194. The zero-order valence-electron chi connectivity index (χ0n) is 8.07. The molecule has 0 aromatic heterocycles. The summed E-state index contributed by atoms with van der Waals surface area (Å²) in [5, 5.41) is 0.571. The van der Waals surface area contributed by atoms with Crippen LogP contribution in [0, 0.1) is 0 Å². The quantitative estimate of drug-likeness (QED) is 0.750. The number of hydrogen-bond donors (Lipinski definition) is 0. The van der Waals surface area contributed by atoms with Crippen molar-refractivity contribution >= 4 is 19.2 Å². The maximum absolute atomic E-state index is 11.8. The third-order valence-electron chi connectivity index (χ3n) is 1.88. The van der Waals surface area contributed by atoms with E-state index in [-0.39, 0.29) is 6.16 Å². The van der Waals surface area contributed by atoms with Crippen molar-refractivity contribution in [2.75, 3.05) is 14.2 Å². The molecule has 0 aliphatic carbocycles. The van der Waals surface area contributed by atoms with Crippen LogP contribution in [-0.2, 0) is 19.8 Å². The van der Waals surface area contributed by atoms with E-state index in [4.69, 9.17) is 20.6 Å². The van der Waals surface area contributed by atoms with Gasteiger partial charge in [-0.05, 0) is 11.6 Å². The third kappa shape index (κ3) is 2.82. The maximum atomic E-state index is 11.8. The highest BCUT2D eigenvalue weighted by Gasteiger charge is 2.22. The van der Waals surface area contributed by atoms with Gasteiger partial charge in [-0.25, -0.2) is 0 Å². The molecule has 0 spiro atoms. The van der Waals surface area contributed by atoms with Crippen LogP contribution in [0.2, 0.25) is 5.02 Å². The lowest BCUT2D eigenvalue weighted by atomic mass is 10.2. The predicted octanol–water partition coefficient (Wildman–Crippen LogP) is 3.33. The van der Waals surface area contributed by atoms with Gasteiger partial charge in [-0.2, -0.15) is 0 Å². The molecule has 0 aliphatic rings. The van der Waals surface area contributed by atoms with Crippen LogP contribution in [0.15, 0.2) is 24.3 Å². The summed E-state index contributed by atoms with van der Waals surface area (Å²) in [5.41, 5.74) is 0.765. The van der Waals surface area contributed by atoms with Crippen LogP contribution in [0.1, 0.15) is 5.56 Å². The molecule has 0 N–H and O–H groups in total. The molecule has 0 amide bonds. The lowest BCUT2D eigenvalue weighted by Crippen LogP contribution is -1.93. The molecule has 0 saturated carbocycles. The Morgan fingerprint density at radius 1 is 1.29 bits per heavy atom. The molecule has 0 radical (unpaired) electrons. The van der Waals surface area contributed by atoms with Crippen LogP contribution >= 0.6 is 19.2 Å². The number of hydrogen-bond acceptors (Lipinski definition) is 3. The Morgan fingerprint density at radius 2 is 1.86 bits per heavy atom. The van der Waals surface area contributed by atoms with E-state index in [9.17, 15) is 4.57 Å². The van der Waals surface area contributed by atoms with Gasteiger partial charge in [-0.1, -0.05) is 29.8 Å². The number of halogens is 1. The van der Waals surface area contributed by atoms with Gasteiger partial charge in [-0.3, -0.25) is 4.57 Å². The van der Waals surface area contributed by atoms with E-state index in [1.165, 1.54) is 14.2 Å². The first-order valence-electron chi connectivity index (χ1n) is 4.05. The molecule has 1 rings (SSSR count). The van der Waals surface area contributed by atoms with Crippen LogP contribution in [0.4, 0.5) is 0 Å². The zero-order valence-corrected chi connectivity index (χ0v) is 9.72. The second-order valence-corrected chi connectivity index (χ2v) is 5.40. The fraction of sp³-hybridized carbons (Fsp3) is 0.333. The van der Waals surface area contributed by atoms with Gasteiger partial charge < -0.3 is 9.05 Å². The molecule has 1 aromatic carbocycles. The summed E-state index contributed by atoms with van der Waals surface area (Å²) in [5.74, 6) is 0. The van der Waals surface area contributed by atoms with Gasteiger partial charge in [0.1, 0.15) is 0 Å². The van der Waals surface area contributed by atoms with Crippen molar-refractivity contribution in [3.8, 4) is 0 Å². The molecule has 0 atom stereocenters. The monoisotopic (exact) mass is 234 g/mol. The van der Waals surface area contributed by atoms with Gasteiger partial charge >= 0.3 is 7.60 Å². The van der Waals surface area contributed by atoms with Crippen molar-refractivity contribution < 1.29 is 13.6 Å². The first kappa shape index (κ1) is 11.7. The molecular formula is C9H12ClO3P. The van der Waals surface area contributed by atoms with Crippen LogP contribution < -0.4 is 0 Å². The summed E-state index contributed by atoms with van der Waals surface area (Å²) < 4.78 is 21.4. The average Bonchev–Trinajstić information content (AvgIpc) is 2.21. The van der Waals surface area contributed by atoms with Gasteiger partial charge in [0.05, 0.1) is 6.16 Å². The second-order valence-electron chi connectivity index (χ2n) is 2.73. The molecule has 3 nitrogen and oxygen atoms in total. The Bertz CT molecular complexity index is 346. The number of rotatable bonds is 4. The average molecular weight is 235 g/mol. The highest BCUT2D eigenvalue weighted by atomic mass is 35.5. The van der Waals surface area contributed by atoms with Gasteiger partial charge in [0, 0.05) is 19.2 Å². The molecule has 14 heavy (non-hydrogen) atoms. The molecule has 0 saturated heterocycles. The smallest absolute Gasteiger partial charge is 0.312 e. The predicted molar refractivity (Wildman–Crippen MR) is 56.8 cm³/mol. The van der Waals surface area contributed by atoms with E-state index in [1.54, 1.807) is 12.1 Å². The molecule has 0 unspecified atom stereocenters. The van der Waals surface area contributed by atoms with Crippen LogP contribution in [0.25, 0.3) is 0 Å². The molecule has 0 heterocycles. The summed E-state index contributed by atoms with van der Waals surface area (Å²) >= 11 is 5.91. The van der Waals surface area contributed by atoms with Gasteiger partial charge in [0.15, 0.2) is 0 Å². The number of benzene rings is 1. The van der Waals surface area contributed by atoms with Gasteiger partial charge in [0.25, 0.3) is 0 Å². The minimum atomic E-state index is -3.01. The highest BCUT2D eigenvalue weighted by Crippen LogP contribution is 2.50. The molecule has 0 aliphatic heterocycles. The van der Waals surface area contributed by atoms with Crippen LogP contribution in [0.5, 0.6) is 0 Å². The topological polar surface area (TPSA) is 35.5 Å². The fourth-order valence-corrected chi connectivity index (χ4v) is 2.43. The SMILES string of the molecule is COP(=O)(Cc1ccccc1Cl)OC. The summed E-state index contributed by atoms with van der Waals surface area (Å²) in [7, 11) is -0.290. The van der Waals surface area contributed by atoms with E-state index in [0.29, 0.717) is 5.02 Å². The van der Waals surface area contributed by atoms with Gasteiger partial charge in [0.2, 0.25) is 0 Å². The highest BCUT2D eigenvalue weighted by molar-refractivity contribution is 7.52. The summed E-state index contributed by atoms with van der Waals surface area (Å²) in [4.78, 5) is 0. The minimum Gasteiger partial charge on any atom is -0.312 e. The molecule has 0 fully saturated rings. The summed E-state index contributed by atoms with van der Waals surface area (Å²) in [6, 6.07) is 7.19. The second kappa shape index (κ2) is 4.94. The van der Waals surface area contributed by atoms with Crippen molar-refractivity contribution in [2.24, 2.45) is 0 Å². The normalized spacial score (nSPS) is 11.6. The first-order chi connectivity index (χ1) is 6.61. The Labute approximate surface area is 88.5 Å². The van der Waals surface area contributed by atoms with Gasteiger partial charge in [-0.15, -0.1) is 0 Å². The van der Waals surface area contributed by atoms with E-state index in [2.05, 4.69) is 0 Å². The molecular weight excluding hydrogens is 223 g/mol. The van der Waals surface area contributed by atoms with Crippen molar-refractivity contribution in [2.45, 2.75) is 6.16 Å². The zero-order chi connectivity index (χ0) is 10.6. The van der Waals surface area contributed by atoms with Crippen molar-refractivity contribution in [3.05, 3.63) is 34.9 Å². The molecule has 5 heteroatoms. The van der Waals surface area contributed by atoms with Crippen molar-refractivity contribution in [1.29, 1.82) is 0 Å². The first-order valence-corrected chi connectivity index (χ1v) is 6.16. The van der Waals surface area contributed by atoms with Crippen LogP contribution in [0.3, 0.4) is 0 Å². The van der Waals surface area contributed by atoms with Crippen molar-refractivity contribution in [3.63, 3.8) is 0 Å². The Kier molecular flexibility index (Phi) is 4.14. The maximum Gasteiger partial charge on any atom is 0.334 e. The minimum absolute atomic E-state index is 0.194. The third-order valence-corrected chi connectivity index (χ3v) is 4.09. The Morgan fingerprint density at radius 3 is 2.36 bits per heavy atom. The summed E-state index contributed by atoms with van der Waals surface area (Å²) in [6.45, 7) is 0. The molecule has 0 bridgehead atoms. The molecule has 78 valence electrons. The van der Waals surface area contributed by atoms with E-state index in [1.807, 2.05) is 12.1 Å². The Hall–Kier alpha value is -0.340. The standard InChI is InChI=1S/C9H12ClO3P/c1-12-14(11,13-2)7-8-5-3-4-6-9(8)10/h3-6H,7H2,1-2H3. The largest absolute Gasteiger partial charge is 0.334 e. The lowest BCUT2D eigenvalue weighted by molar-refractivity contribution is 0.275.